The molecule has 1 heterocycles. The van der Waals surface area contributed by atoms with E-state index in [9.17, 15) is 9.18 Å². The second-order valence-electron chi connectivity index (χ2n) is 6.10. The molecule has 0 saturated heterocycles. The van der Waals surface area contributed by atoms with Crippen molar-refractivity contribution in [3.63, 3.8) is 0 Å². The molecule has 0 amide bonds. The van der Waals surface area contributed by atoms with Crippen LogP contribution in [0.5, 0.6) is 0 Å². The molecule has 3 aliphatic rings. The van der Waals surface area contributed by atoms with Gasteiger partial charge < -0.3 is 5.11 Å². The Morgan fingerprint density at radius 1 is 1.32 bits per heavy atom. The molecule has 7 heteroatoms. The Hall–Kier alpha value is -1.44. The zero-order valence-electron chi connectivity index (χ0n) is 11.5. The predicted octanol–water partition coefficient (Wildman–Crippen LogP) is 3.55. The van der Waals surface area contributed by atoms with Crippen LogP contribution < -0.4 is 4.72 Å². The fraction of sp³-hybridized carbons (Fsp3) is 0.333. The lowest BCUT2D eigenvalue weighted by Gasteiger charge is -2.67. The minimum Gasteiger partial charge on any atom is -0.481 e. The number of carboxylic acid groups (broad SMARTS) is 1. The highest BCUT2D eigenvalue weighted by Crippen LogP contribution is 2.67. The number of nitrogens with one attached hydrogen (secondary N) is 1. The smallest absolute Gasteiger partial charge is 0.309 e. The van der Waals surface area contributed by atoms with Crippen LogP contribution in [0.25, 0.3) is 10.6 Å². The summed E-state index contributed by atoms with van der Waals surface area (Å²) >= 11 is 2.97. The third-order valence-electron chi connectivity index (χ3n) is 4.43. The van der Waals surface area contributed by atoms with Crippen molar-refractivity contribution in [1.82, 2.24) is 9.71 Å². The molecule has 3 aliphatic carbocycles. The molecular formula is C15H13FN2O2S2. The van der Waals surface area contributed by atoms with Gasteiger partial charge in [-0.2, -0.15) is 0 Å². The van der Waals surface area contributed by atoms with Crippen LogP contribution in [0.3, 0.4) is 0 Å². The summed E-state index contributed by atoms with van der Waals surface area (Å²) in [5.74, 6) is -0.930. The van der Waals surface area contributed by atoms with E-state index in [-0.39, 0.29) is 11.4 Å². The highest BCUT2D eigenvalue weighted by Gasteiger charge is 2.72. The van der Waals surface area contributed by atoms with E-state index >= 15 is 0 Å². The van der Waals surface area contributed by atoms with Gasteiger partial charge in [0.25, 0.3) is 0 Å². The van der Waals surface area contributed by atoms with Gasteiger partial charge >= 0.3 is 5.97 Å². The van der Waals surface area contributed by atoms with Crippen LogP contribution in [-0.4, -0.2) is 21.6 Å². The van der Waals surface area contributed by atoms with Crippen molar-refractivity contribution in [3.05, 3.63) is 35.5 Å². The lowest BCUT2D eigenvalue weighted by Crippen LogP contribution is -2.75. The Balaban J connectivity index is 1.38. The fourth-order valence-electron chi connectivity index (χ4n) is 3.31. The topological polar surface area (TPSA) is 62.2 Å². The number of halogens is 1. The molecular weight excluding hydrogens is 323 g/mol. The van der Waals surface area contributed by atoms with E-state index in [0.717, 1.165) is 15.6 Å². The first-order valence-corrected chi connectivity index (χ1v) is 8.59. The highest BCUT2D eigenvalue weighted by molar-refractivity contribution is 7.97. The van der Waals surface area contributed by atoms with Gasteiger partial charge in [0.1, 0.15) is 15.9 Å². The van der Waals surface area contributed by atoms with E-state index in [1.807, 2.05) is 5.38 Å². The van der Waals surface area contributed by atoms with Gasteiger partial charge in [0.05, 0.1) is 5.41 Å². The Kier molecular flexibility index (Phi) is 3.08. The van der Waals surface area contributed by atoms with Crippen molar-refractivity contribution in [3.8, 4) is 10.6 Å². The first kappa shape index (κ1) is 14.2. The van der Waals surface area contributed by atoms with Crippen molar-refractivity contribution >= 4 is 29.3 Å². The molecule has 0 spiro atoms. The van der Waals surface area contributed by atoms with Gasteiger partial charge in [0.2, 0.25) is 0 Å². The van der Waals surface area contributed by atoms with Gasteiger partial charge in [0.15, 0.2) is 0 Å². The molecule has 0 aliphatic heterocycles. The van der Waals surface area contributed by atoms with Crippen LogP contribution in [0, 0.1) is 11.2 Å². The summed E-state index contributed by atoms with van der Waals surface area (Å²) < 4.78 is 16.3. The molecule has 0 unspecified atom stereocenters. The molecule has 3 saturated carbocycles. The first-order valence-electron chi connectivity index (χ1n) is 6.89. The van der Waals surface area contributed by atoms with E-state index < -0.39 is 11.4 Å². The molecule has 2 aromatic rings. The minimum atomic E-state index is -0.673. The van der Waals surface area contributed by atoms with Crippen LogP contribution in [0.15, 0.2) is 34.7 Å². The van der Waals surface area contributed by atoms with Crippen LogP contribution >= 0.6 is 23.3 Å². The molecule has 4 nitrogen and oxygen atoms in total. The number of nitrogens with zero attached hydrogens (tertiary/aromatic N) is 1. The van der Waals surface area contributed by atoms with E-state index in [4.69, 9.17) is 5.11 Å². The van der Waals surface area contributed by atoms with Gasteiger partial charge in [-0.05, 0) is 55.5 Å². The summed E-state index contributed by atoms with van der Waals surface area (Å²) in [6.45, 7) is 0. The lowest BCUT2D eigenvalue weighted by atomic mass is 9.40. The quantitative estimate of drug-likeness (QED) is 0.818. The van der Waals surface area contributed by atoms with Crippen molar-refractivity contribution in [2.45, 2.75) is 29.8 Å². The van der Waals surface area contributed by atoms with Crippen LogP contribution in [0.1, 0.15) is 19.3 Å². The van der Waals surface area contributed by atoms with Crippen molar-refractivity contribution in [1.29, 1.82) is 0 Å². The molecule has 2 N–H and O–H groups in total. The van der Waals surface area contributed by atoms with Crippen molar-refractivity contribution in [2.75, 3.05) is 0 Å². The van der Waals surface area contributed by atoms with Gasteiger partial charge in [-0.25, -0.2) is 9.37 Å². The summed E-state index contributed by atoms with van der Waals surface area (Å²) in [4.78, 5) is 15.6. The molecule has 22 heavy (non-hydrogen) atoms. The molecule has 0 atom stereocenters. The third kappa shape index (κ3) is 2.15. The lowest BCUT2D eigenvalue weighted by molar-refractivity contribution is -0.193. The zero-order valence-corrected chi connectivity index (χ0v) is 13.1. The Bertz CT molecular complexity index is 724. The predicted molar refractivity (Wildman–Crippen MR) is 83.2 cm³/mol. The summed E-state index contributed by atoms with van der Waals surface area (Å²) in [5.41, 5.74) is 0.408. The van der Waals surface area contributed by atoms with Gasteiger partial charge in [0, 0.05) is 16.5 Å². The Morgan fingerprint density at radius 3 is 2.64 bits per heavy atom. The summed E-state index contributed by atoms with van der Waals surface area (Å²) in [6.07, 6.45) is 2.12. The normalized spacial score (nSPS) is 28.8. The van der Waals surface area contributed by atoms with Crippen molar-refractivity contribution < 1.29 is 14.3 Å². The highest BCUT2D eigenvalue weighted by atomic mass is 32.2. The van der Waals surface area contributed by atoms with Crippen LogP contribution in [0.2, 0.25) is 0 Å². The van der Waals surface area contributed by atoms with Crippen molar-refractivity contribution in [2.24, 2.45) is 5.41 Å². The zero-order chi connectivity index (χ0) is 15.4. The number of aliphatic carboxylic acids is 1. The number of carboxylic acids is 1. The molecule has 3 fully saturated rings. The van der Waals surface area contributed by atoms with Crippen LogP contribution in [0.4, 0.5) is 4.39 Å². The number of rotatable bonds is 5. The van der Waals surface area contributed by atoms with E-state index in [0.29, 0.717) is 19.3 Å². The second-order valence-corrected chi connectivity index (χ2v) is 7.78. The standard InChI is InChI=1S/C15H13FN2O2S2/c16-10-3-1-9(2-4-10)12-17-11(5-21-12)22-18-15-6-14(7-15,8-15)13(19)20/h1-5,18H,6-8H2,(H,19,20). The first-order chi connectivity index (χ1) is 10.5. The number of hydrogen-bond acceptors (Lipinski definition) is 5. The SMILES string of the molecule is O=C(O)C12CC(NSc3csc(-c4ccc(F)cc4)n3)(C1)C2. The number of carbonyl (C=O) groups is 1. The van der Waals surface area contributed by atoms with E-state index in [1.54, 1.807) is 12.1 Å². The van der Waals surface area contributed by atoms with E-state index in [1.165, 1.54) is 35.4 Å². The van der Waals surface area contributed by atoms with Gasteiger partial charge in [-0.3, -0.25) is 9.52 Å². The summed E-state index contributed by atoms with van der Waals surface area (Å²) in [7, 11) is 0. The fourth-order valence-corrected chi connectivity index (χ4v) is 5.07. The summed E-state index contributed by atoms with van der Waals surface area (Å²) in [6, 6.07) is 6.28. The third-order valence-corrected chi connectivity index (χ3v) is 6.42. The molecule has 114 valence electrons. The molecule has 5 rings (SSSR count). The minimum absolute atomic E-state index is 0.0251. The maximum Gasteiger partial charge on any atom is 0.309 e. The Labute approximate surface area is 134 Å². The maximum atomic E-state index is 12.9. The average Bonchev–Trinajstić information content (AvgIpc) is 2.85. The molecule has 0 radical (unpaired) electrons. The molecule has 2 bridgehead atoms. The number of thiazole rings is 1. The molecule has 1 aromatic carbocycles. The largest absolute Gasteiger partial charge is 0.481 e. The number of benzene rings is 1. The number of hydrogen-bond donors (Lipinski definition) is 2. The van der Waals surface area contributed by atoms with Crippen LogP contribution in [-0.2, 0) is 4.79 Å². The van der Waals surface area contributed by atoms with Gasteiger partial charge in [-0.15, -0.1) is 11.3 Å². The van der Waals surface area contributed by atoms with E-state index in [2.05, 4.69) is 9.71 Å². The Morgan fingerprint density at radius 2 is 2.00 bits per heavy atom. The summed E-state index contributed by atoms with van der Waals surface area (Å²) in [5, 5.41) is 12.8. The second kappa shape index (κ2) is 4.78. The van der Waals surface area contributed by atoms with Gasteiger partial charge in [-0.1, -0.05) is 0 Å². The molecule has 1 aromatic heterocycles. The maximum absolute atomic E-state index is 12.9. The average molecular weight is 336 g/mol. The number of aromatic nitrogens is 1. The monoisotopic (exact) mass is 336 g/mol.